The lowest BCUT2D eigenvalue weighted by Crippen LogP contribution is -2.46. The largest absolute Gasteiger partial charge is 0.506 e. The molecule has 0 aromatic heterocycles. The lowest BCUT2D eigenvalue weighted by molar-refractivity contribution is 0.104. The molecule has 4 rings (SSSR count). The number of ether oxygens (including phenoxy) is 1. The molecule has 0 unspecified atom stereocenters. The Labute approximate surface area is 177 Å². The summed E-state index contributed by atoms with van der Waals surface area (Å²) in [7, 11) is 1.71. The number of anilines is 1. The maximum absolute atomic E-state index is 12.4. The van der Waals surface area contributed by atoms with Crippen LogP contribution in [0.1, 0.15) is 22.3 Å². The van der Waals surface area contributed by atoms with Gasteiger partial charge in [0.15, 0.2) is 5.78 Å². The van der Waals surface area contributed by atoms with E-state index in [2.05, 4.69) is 20.9 Å². The Kier molecular flexibility index (Phi) is 6.14. The van der Waals surface area contributed by atoms with Gasteiger partial charge in [0.25, 0.3) is 0 Å². The molecule has 0 atom stereocenters. The third kappa shape index (κ3) is 4.09. The van der Waals surface area contributed by atoms with Crippen molar-refractivity contribution < 1.29 is 14.6 Å². The fraction of sp³-hybridized carbons (Fsp3) is 0.333. The molecule has 1 aliphatic carbocycles. The number of aliphatic hydroxyl groups is 1. The third-order valence-corrected chi connectivity index (χ3v) is 5.71. The van der Waals surface area contributed by atoms with E-state index < -0.39 is 0 Å². The molecule has 1 aliphatic heterocycles. The molecular weight excluding hydrogens is 378 g/mol. The van der Waals surface area contributed by atoms with Gasteiger partial charge in [-0.05, 0) is 18.6 Å². The van der Waals surface area contributed by atoms with E-state index in [4.69, 9.17) is 4.74 Å². The second-order valence-electron chi connectivity index (χ2n) is 7.53. The van der Waals surface area contributed by atoms with Gasteiger partial charge in [0.05, 0.1) is 18.4 Å². The van der Waals surface area contributed by atoms with Crippen LogP contribution >= 0.6 is 0 Å². The summed E-state index contributed by atoms with van der Waals surface area (Å²) in [6.45, 7) is 5.54. The molecule has 1 fully saturated rings. The van der Waals surface area contributed by atoms with Gasteiger partial charge in [0.2, 0.25) is 0 Å². The number of nitrogens with zero attached hydrogens (tertiary/aromatic N) is 3. The number of fused-ring (bicyclic) bond motifs is 1. The topological polar surface area (TPSA) is 65.4 Å². The molecule has 6 nitrogen and oxygen atoms in total. The van der Waals surface area contributed by atoms with Gasteiger partial charge >= 0.3 is 0 Å². The highest BCUT2D eigenvalue weighted by molar-refractivity contribution is 6.30. The molecule has 0 bridgehead atoms. The standard InChI is InChI=1S/C24H27N3O3/c1-30-22-10-5-4-9-21(22)27-15-13-26(14-16-27)12-6-11-25-17-20-23(28)18-7-2-3-8-19(18)24(20)29/h2-5,7-10,17,28H,6,11-16H2,1H3. The lowest BCUT2D eigenvalue weighted by atomic mass is 10.1. The Bertz CT molecular complexity index is 975. The number of para-hydroxylation sites is 2. The predicted molar refractivity (Wildman–Crippen MR) is 120 cm³/mol. The highest BCUT2D eigenvalue weighted by Crippen LogP contribution is 2.30. The minimum Gasteiger partial charge on any atom is -0.506 e. The molecule has 2 aromatic rings. The summed E-state index contributed by atoms with van der Waals surface area (Å²) < 4.78 is 5.48. The average Bonchev–Trinajstić information content (AvgIpc) is 3.04. The first-order chi connectivity index (χ1) is 14.7. The number of aliphatic imine (C=N–C) groups is 1. The van der Waals surface area contributed by atoms with Gasteiger partial charge in [-0.25, -0.2) is 0 Å². The minimum atomic E-state index is -0.153. The zero-order valence-electron chi connectivity index (χ0n) is 17.3. The van der Waals surface area contributed by atoms with Crippen LogP contribution in [-0.4, -0.2) is 68.4 Å². The fourth-order valence-electron chi connectivity index (χ4n) is 4.05. The van der Waals surface area contributed by atoms with Gasteiger partial charge in [-0.1, -0.05) is 36.4 Å². The Morgan fingerprint density at radius 1 is 1.03 bits per heavy atom. The van der Waals surface area contributed by atoms with Gasteiger partial charge in [-0.15, -0.1) is 0 Å². The van der Waals surface area contributed by atoms with Crippen LogP contribution in [0, 0.1) is 0 Å². The molecule has 1 heterocycles. The number of piperazine rings is 1. The molecule has 0 spiro atoms. The van der Waals surface area contributed by atoms with Crippen molar-refractivity contribution in [3.63, 3.8) is 0 Å². The highest BCUT2D eigenvalue weighted by Gasteiger charge is 2.27. The maximum atomic E-state index is 12.4. The second kappa shape index (κ2) is 9.13. The molecule has 30 heavy (non-hydrogen) atoms. The molecule has 0 radical (unpaired) electrons. The SMILES string of the molecule is COc1ccccc1N1CCN(CCCN=CC2=C(O)c3ccccc3C2=O)CC1. The summed E-state index contributed by atoms with van der Waals surface area (Å²) in [5.74, 6) is 0.799. The van der Waals surface area contributed by atoms with Crippen LogP contribution in [0.15, 0.2) is 59.1 Å². The number of Topliss-reactive ketones (excluding diaryl/α,β-unsaturated/α-hetero) is 1. The van der Waals surface area contributed by atoms with Crippen molar-refractivity contribution in [3.05, 3.63) is 65.2 Å². The number of hydrogen-bond acceptors (Lipinski definition) is 6. The van der Waals surface area contributed by atoms with Gasteiger partial charge in [0, 0.05) is 56.6 Å². The second-order valence-corrected chi connectivity index (χ2v) is 7.53. The normalized spacial score (nSPS) is 17.1. The van der Waals surface area contributed by atoms with Crippen molar-refractivity contribution >= 4 is 23.4 Å². The first kappa shape index (κ1) is 20.2. The van der Waals surface area contributed by atoms with Crippen LogP contribution in [0.4, 0.5) is 5.69 Å². The molecule has 0 amide bonds. The smallest absolute Gasteiger partial charge is 0.199 e. The molecule has 0 saturated carbocycles. The van der Waals surface area contributed by atoms with Crippen LogP contribution in [-0.2, 0) is 0 Å². The lowest BCUT2D eigenvalue weighted by Gasteiger charge is -2.36. The Hall–Kier alpha value is -3.12. The molecule has 1 N–H and O–H groups in total. The van der Waals surface area contributed by atoms with Crippen LogP contribution < -0.4 is 9.64 Å². The van der Waals surface area contributed by atoms with Crippen LogP contribution in [0.25, 0.3) is 5.76 Å². The van der Waals surface area contributed by atoms with Crippen LogP contribution in [0.3, 0.4) is 0 Å². The number of rotatable bonds is 7. The van der Waals surface area contributed by atoms with Crippen molar-refractivity contribution in [3.8, 4) is 5.75 Å². The summed E-state index contributed by atoms with van der Waals surface area (Å²) in [4.78, 5) is 21.6. The first-order valence-corrected chi connectivity index (χ1v) is 10.4. The Morgan fingerprint density at radius 3 is 2.47 bits per heavy atom. The summed E-state index contributed by atoms with van der Waals surface area (Å²) >= 11 is 0. The molecule has 6 heteroatoms. The number of allylic oxidation sites excluding steroid dienone is 1. The van der Waals surface area contributed by atoms with Crippen LogP contribution in [0.2, 0.25) is 0 Å². The Balaban J connectivity index is 1.23. The molecule has 2 aromatic carbocycles. The summed E-state index contributed by atoms with van der Waals surface area (Å²) in [6, 6.07) is 15.3. The van der Waals surface area contributed by atoms with Gasteiger partial charge in [0.1, 0.15) is 11.5 Å². The first-order valence-electron chi connectivity index (χ1n) is 10.4. The monoisotopic (exact) mass is 405 g/mol. The Morgan fingerprint density at radius 2 is 1.73 bits per heavy atom. The summed E-state index contributed by atoms with van der Waals surface area (Å²) in [5, 5.41) is 10.3. The van der Waals surface area contributed by atoms with Crippen molar-refractivity contribution in [2.45, 2.75) is 6.42 Å². The van der Waals surface area contributed by atoms with E-state index >= 15 is 0 Å². The number of benzene rings is 2. The number of carbonyl (C=O) groups is 1. The number of carbonyl (C=O) groups excluding carboxylic acids is 1. The average molecular weight is 405 g/mol. The minimum absolute atomic E-state index is 0.0341. The summed E-state index contributed by atoms with van der Waals surface area (Å²) in [6.07, 6.45) is 2.44. The van der Waals surface area contributed by atoms with E-state index in [0.717, 1.165) is 50.6 Å². The van der Waals surface area contributed by atoms with Crippen molar-refractivity contribution in [1.82, 2.24) is 4.90 Å². The summed E-state index contributed by atoms with van der Waals surface area (Å²) in [5.41, 5.74) is 2.59. The van der Waals surface area contributed by atoms with E-state index in [1.807, 2.05) is 24.3 Å². The highest BCUT2D eigenvalue weighted by atomic mass is 16.5. The fourth-order valence-corrected chi connectivity index (χ4v) is 4.05. The van der Waals surface area contributed by atoms with E-state index in [0.29, 0.717) is 23.2 Å². The van der Waals surface area contributed by atoms with Gasteiger partial charge in [-0.2, -0.15) is 0 Å². The van der Waals surface area contributed by atoms with Gasteiger partial charge < -0.3 is 14.7 Å². The molecule has 2 aliphatic rings. The number of hydrogen-bond donors (Lipinski definition) is 1. The molecular formula is C24H27N3O3. The molecule has 156 valence electrons. The third-order valence-electron chi connectivity index (χ3n) is 5.71. The maximum Gasteiger partial charge on any atom is 0.199 e. The van der Waals surface area contributed by atoms with Gasteiger partial charge in [-0.3, -0.25) is 14.7 Å². The van der Waals surface area contributed by atoms with E-state index in [-0.39, 0.29) is 11.5 Å². The van der Waals surface area contributed by atoms with E-state index in [1.54, 1.807) is 25.3 Å². The predicted octanol–water partition coefficient (Wildman–Crippen LogP) is 3.44. The van der Waals surface area contributed by atoms with E-state index in [1.165, 1.54) is 6.21 Å². The number of methoxy groups -OCH3 is 1. The van der Waals surface area contributed by atoms with Crippen molar-refractivity contribution in [1.29, 1.82) is 0 Å². The van der Waals surface area contributed by atoms with E-state index in [9.17, 15) is 9.90 Å². The van der Waals surface area contributed by atoms with Crippen LogP contribution in [0.5, 0.6) is 5.75 Å². The molecule has 1 saturated heterocycles. The quantitative estimate of drug-likeness (QED) is 0.565. The number of ketones is 1. The van der Waals surface area contributed by atoms with Crippen molar-refractivity contribution in [2.75, 3.05) is 51.3 Å². The zero-order valence-corrected chi connectivity index (χ0v) is 17.3. The van der Waals surface area contributed by atoms with Crippen molar-refractivity contribution in [2.24, 2.45) is 4.99 Å². The number of aliphatic hydroxyl groups excluding tert-OH is 1. The zero-order chi connectivity index (χ0) is 20.9.